The summed E-state index contributed by atoms with van der Waals surface area (Å²) in [5.74, 6) is 0.211. The molecule has 1 atom stereocenters. The first kappa shape index (κ1) is 29.9. The molecule has 40 heavy (non-hydrogen) atoms. The highest BCUT2D eigenvalue weighted by atomic mass is 35.5. The van der Waals surface area contributed by atoms with E-state index in [4.69, 9.17) is 28.2 Å². The van der Waals surface area contributed by atoms with Gasteiger partial charge < -0.3 is 0 Å². The van der Waals surface area contributed by atoms with E-state index in [0.717, 1.165) is 31.2 Å². The van der Waals surface area contributed by atoms with Crippen LogP contribution in [0.15, 0.2) is 47.5 Å². The van der Waals surface area contributed by atoms with E-state index in [1.165, 1.54) is 0 Å². The number of benzene rings is 2. The number of carbonyl (C=O) groups is 2. The van der Waals surface area contributed by atoms with Crippen LogP contribution in [0.5, 0.6) is 0 Å². The molecule has 0 aliphatic heterocycles. The molecule has 8 nitrogen and oxygen atoms in total. The lowest BCUT2D eigenvalue weighted by Crippen LogP contribution is -2.35. The zero-order valence-corrected chi connectivity index (χ0v) is 25.1. The summed E-state index contributed by atoms with van der Waals surface area (Å²) >= 11 is 12.7. The van der Waals surface area contributed by atoms with E-state index in [0.29, 0.717) is 32.8 Å². The fourth-order valence-electron chi connectivity index (χ4n) is 5.31. The number of aromatic nitrogens is 4. The van der Waals surface area contributed by atoms with Crippen molar-refractivity contribution < 1.29 is 9.59 Å². The molecule has 10 heteroatoms. The summed E-state index contributed by atoms with van der Waals surface area (Å²) in [6, 6.07) is 12.3. The van der Waals surface area contributed by atoms with Gasteiger partial charge in [-0.25, -0.2) is 0 Å². The van der Waals surface area contributed by atoms with Gasteiger partial charge in [0.05, 0.1) is 5.54 Å². The van der Waals surface area contributed by atoms with Crippen LogP contribution in [0, 0.1) is 11.3 Å². The minimum absolute atomic E-state index is 0.0658. The van der Waals surface area contributed by atoms with Gasteiger partial charge in [0.15, 0.2) is 5.78 Å². The largest absolute Gasteiger partial charge is 0.292 e. The number of hydrogen-bond acceptors (Lipinski definition) is 6. The molecule has 1 unspecified atom stereocenters. The van der Waals surface area contributed by atoms with E-state index in [9.17, 15) is 9.59 Å². The smallest absolute Gasteiger partial charge is 0.270 e. The Morgan fingerprint density at radius 2 is 1.70 bits per heavy atom. The Bertz CT molecular complexity index is 1350. The Balaban J connectivity index is 1.53. The Labute approximate surface area is 245 Å². The zero-order chi connectivity index (χ0) is 29.1. The third-order valence-corrected chi connectivity index (χ3v) is 8.31. The average molecular weight is 584 g/mol. The predicted molar refractivity (Wildman–Crippen MR) is 159 cm³/mol. The van der Waals surface area contributed by atoms with E-state index in [1.807, 2.05) is 19.1 Å². The number of H-pyrrole nitrogens is 1. The summed E-state index contributed by atoms with van der Waals surface area (Å²) in [6.07, 6.45) is 4.23. The molecule has 4 rings (SSSR count). The summed E-state index contributed by atoms with van der Waals surface area (Å²) in [7, 11) is 0. The van der Waals surface area contributed by atoms with Crippen molar-refractivity contribution in [1.29, 1.82) is 0 Å². The van der Waals surface area contributed by atoms with E-state index >= 15 is 0 Å². The fraction of sp³-hybridized carbons (Fsp3) is 0.467. The second kappa shape index (κ2) is 12.2. The van der Waals surface area contributed by atoms with Gasteiger partial charge in [-0.3, -0.25) is 19.9 Å². The number of tetrazole rings is 1. The van der Waals surface area contributed by atoms with Crippen molar-refractivity contribution in [1.82, 2.24) is 20.6 Å². The van der Waals surface area contributed by atoms with Gasteiger partial charge in [0, 0.05) is 27.6 Å². The third kappa shape index (κ3) is 7.55. The normalized spacial score (nSPS) is 20.7. The van der Waals surface area contributed by atoms with E-state index in [2.05, 4.69) is 53.6 Å². The van der Waals surface area contributed by atoms with Gasteiger partial charge >= 0.3 is 0 Å². The van der Waals surface area contributed by atoms with Crippen molar-refractivity contribution in [3.63, 3.8) is 0 Å². The van der Waals surface area contributed by atoms with Crippen molar-refractivity contribution in [2.45, 2.75) is 78.2 Å². The molecule has 1 heterocycles. The summed E-state index contributed by atoms with van der Waals surface area (Å²) in [5, 5.41) is 16.7. The van der Waals surface area contributed by atoms with Crippen molar-refractivity contribution in [2.75, 3.05) is 5.32 Å². The lowest BCUT2D eigenvalue weighted by atomic mass is 9.68. The molecule has 212 valence electrons. The highest BCUT2D eigenvalue weighted by Gasteiger charge is 2.36. The number of aliphatic imine (C=N–C) groups is 1. The topological polar surface area (TPSA) is 113 Å². The molecule has 2 N–H and O–H groups in total. The van der Waals surface area contributed by atoms with Gasteiger partial charge in [-0.15, -0.1) is 5.10 Å². The maximum Gasteiger partial charge on any atom is 0.270 e. The molecule has 0 saturated heterocycles. The number of nitrogens with zero attached hydrogens (tertiary/aromatic N) is 4. The zero-order valence-electron chi connectivity index (χ0n) is 23.6. The molecule has 0 radical (unpaired) electrons. The SMILES string of the molecule is CC(CC(=O)C(=NC1(C)CCC(C(C)(C)C)CC1)c1cc(Cl)cc(Cl)c1)c1ccc(C(=O)Nc2nn[nH]n2)cc1. The summed E-state index contributed by atoms with van der Waals surface area (Å²) in [4.78, 5) is 31.4. The van der Waals surface area contributed by atoms with Gasteiger partial charge in [0.25, 0.3) is 11.9 Å². The maximum absolute atomic E-state index is 13.8. The van der Waals surface area contributed by atoms with Crippen molar-refractivity contribution in [3.8, 4) is 0 Å². The molecule has 3 aromatic rings. The van der Waals surface area contributed by atoms with Crippen LogP contribution in [0.3, 0.4) is 0 Å². The summed E-state index contributed by atoms with van der Waals surface area (Å²) in [5.41, 5.74) is 2.36. The van der Waals surface area contributed by atoms with Crippen LogP contribution in [0.1, 0.15) is 94.1 Å². The highest BCUT2D eigenvalue weighted by molar-refractivity contribution is 6.47. The Hall–Kier alpha value is -3.10. The number of hydrogen-bond donors (Lipinski definition) is 2. The summed E-state index contributed by atoms with van der Waals surface area (Å²) in [6.45, 7) is 11.0. The Morgan fingerprint density at radius 3 is 2.25 bits per heavy atom. The van der Waals surface area contributed by atoms with Gasteiger partial charge in [0.1, 0.15) is 5.71 Å². The van der Waals surface area contributed by atoms with E-state index in [-0.39, 0.29) is 40.9 Å². The van der Waals surface area contributed by atoms with Crippen LogP contribution < -0.4 is 5.32 Å². The molecular weight excluding hydrogens is 547 g/mol. The van der Waals surface area contributed by atoms with E-state index < -0.39 is 0 Å². The minimum Gasteiger partial charge on any atom is -0.292 e. The Kier molecular flexibility index (Phi) is 9.10. The van der Waals surface area contributed by atoms with Crippen LogP contribution >= 0.6 is 23.2 Å². The number of Topliss-reactive ketones (excluding diaryl/α,β-unsaturated/α-hetero) is 1. The third-order valence-electron chi connectivity index (χ3n) is 7.87. The molecular formula is C30H36Cl2N6O2. The number of aromatic amines is 1. The number of amides is 1. The molecule has 1 aliphatic carbocycles. The van der Waals surface area contributed by atoms with Gasteiger partial charge in [-0.1, -0.05) is 68.1 Å². The average Bonchev–Trinajstić information content (AvgIpc) is 3.39. The lowest BCUT2D eigenvalue weighted by molar-refractivity contribution is -0.113. The predicted octanol–water partition coefficient (Wildman–Crippen LogP) is 7.31. The Morgan fingerprint density at radius 1 is 1.07 bits per heavy atom. The quantitative estimate of drug-likeness (QED) is 0.270. The second-order valence-corrected chi connectivity index (χ2v) is 13.0. The minimum atomic E-state index is -0.349. The lowest BCUT2D eigenvalue weighted by Gasteiger charge is -2.40. The van der Waals surface area contributed by atoms with Crippen molar-refractivity contribution >= 4 is 46.6 Å². The van der Waals surface area contributed by atoms with Crippen molar-refractivity contribution in [3.05, 3.63) is 69.2 Å². The molecule has 1 amide bonds. The standard InChI is InChI=1S/C30H36Cl2N6O2/c1-18(19-6-8-20(9-7-19)27(40)33-28-35-37-38-36-28)14-25(39)26(21-15-23(31)17-24(32)16-21)34-30(5)12-10-22(11-13-30)29(2,3)4/h6-9,15-18,22H,10-14H2,1-5H3,(H2,33,35,36,37,38,40). The highest BCUT2D eigenvalue weighted by Crippen LogP contribution is 2.43. The molecule has 1 fully saturated rings. The van der Waals surface area contributed by atoms with Crippen LogP contribution in [-0.2, 0) is 4.79 Å². The van der Waals surface area contributed by atoms with Crippen LogP contribution in [-0.4, -0.2) is 43.6 Å². The van der Waals surface area contributed by atoms with Crippen LogP contribution in [0.2, 0.25) is 10.0 Å². The first-order valence-corrected chi connectivity index (χ1v) is 14.3. The number of ketones is 1. The second-order valence-electron chi connectivity index (χ2n) is 12.1. The number of nitrogens with one attached hydrogen (secondary N) is 2. The summed E-state index contributed by atoms with van der Waals surface area (Å²) < 4.78 is 0. The van der Waals surface area contributed by atoms with Gasteiger partial charge in [-0.05, 0) is 91.0 Å². The first-order chi connectivity index (χ1) is 18.8. The molecule has 0 bridgehead atoms. The molecule has 1 saturated carbocycles. The van der Waals surface area contributed by atoms with Crippen LogP contribution in [0.25, 0.3) is 0 Å². The van der Waals surface area contributed by atoms with Gasteiger partial charge in [0.2, 0.25) is 0 Å². The number of halogens is 2. The molecule has 1 aromatic heterocycles. The van der Waals surface area contributed by atoms with Crippen molar-refractivity contribution in [2.24, 2.45) is 16.3 Å². The molecule has 2 aromatic carbocycles. The van der Waals surface area contributed by atoms with E-state index in [1.54, 1.807) is 30.3 Å². The fourth-order valence-corrected chi connectivity index (χ4v) is 5.84. The monoisotopic (exact) mass is 582 g/mol. The van der Waals surface area contributed by atoms with Gasteiger partial charge in [-0.2, -0.15) is 5.21 Å². The number of anilines is 1. The molecule has 0 spiro atoms. The first-order valence-electron chi connectivity index (χ1n) is 13.6. The van der Waals surface area contributed by atoms with Crippen LogP contribution in [0.4, 0.5) is 5.95 Å². The number of carbonyl (C=O) groups excluding carboxylic acids is 2. The number of rotatable bonds is 8. The molecule has 1 aliphatic rings. The maximum atomic E-state index is 13.8.